The molecule has 1 fully saturated rings. The standard InChI is InChI=1S/C18H19F3N6O4S/c1-26-5-4-23-14(26)16(29)27-6-7-31-9-10(27)8-24-15(28)12-3-2-11(32-12)13(22)25-17(30)18(19,20)21/h2-5,10H,6-9H2,1H3,(H,24,28)(H2,22,25,30). The second kappa shape index (κ2) is 9.48. The molecule has 1 unspecified atom stereocenters. The fourth-order valence-electron chi connectivity index (χ4n) is 2.93. The third-order valence-electron chi connectivity index (χ3n) is 4.57. The zero-order valence-electron chi connectivity index (χ0n) is 16.7. The van der Waals surface area contributed by atoms with Gasteiger partial charge in [0.2, 0.25) is 0 Å². The highest BCUT2D eigenvalue weighted by molar-refractivity contribution is 7.16. The molecule has 32 heavy (non-hydrogen) atoms. The van der Waals surface area contributed by atoms with Crippen LogP contribution in [0.1, 0.15) is 25.2 Å². The lowest BCUT2D eigenvalue weighted by Crippen LogP contribution is -2.54. The number of carbonyl (C=O) groups is 3. The molecule has 1 atom stereocenters. The van der Waals surface area contributed by atoms with Crippen molar-refractivity contribution in [3.63, 3.8) is 0 Å². The SMILES string of the molecule is Cn1ccnc1C(=O)N1CCOCC1CNC(=O)c1ccc(C(=N)NC(=O)C(F)(F)F)s1. The molecule has 0 aliphatic carbocycles. The molecule has 0 spiro atoms. The Morgan fingerprint density at radius 2 is 2.03 bits per heavy atom. The van der Waals surface area contributed by atoms with Crippen LogP contribution in [0.3, 0.4) is 0 Å². The first-order valence-electron chi connectivity index (χ1n) is 9.29. The summed E-state index contributed by atoms with van der Waals surface area (Å²) in [5.74, 6) is -3.61. The van der Waals surface area contributed by atoms with Gasteiger partial charge in [-0.25, -0.2) is 4.98 Å². The lowest BCUT2D eigenvalue weighted by molar-refractivity contribution is -0.171. The normalized spacial score (nSPS) is 16.5. The van der Waals surface area contributed by atoms with E-state index >= 15 is 0 Å². The first-order valence-corrected chi connectivity index (χ1v) is 10.1. The number of amides is 3. The van der Waals surface area contributed by atoms with Gasteiger partial charge in [0.1, 0.15) is 5.84 Å². The number of alkyl halides is 3. The largest absolute Gasteiger partial charge is 0.471 e. The van der Waals surface area contributed by atoms with Crippen molar-refractivity contribution in [2.45, 2.75) is 12.2 Å². The number of morpholine rings is 1. The predicted octanol–water partition coefficient (Wildman–Crippen LogP) is 0.756. The number of hydrogen-bond donors (Lipinski definition) is 3. The van der Waals surface area contributed by atoms with Crippen LogP contribution in [0, 0.1) is 5.41 Å². The van der Waals surface area contributed by atoms with Crippen LogP contribution in [0.25, 0.3) is 0 Å². The monoisotopic (exact) mass is 472 g/mol. The van der Waals surface area contributed by atoms with Gasteiger partial charge in [-0.1, -0.05) is 0 Å². The highest BCUT2D eigenvalue weighted by atomic mass is 32.1. The molecule has 1 aliphatic heterocycles. The number of aryl methyl sites for hydroxylation is 1. The van der Waals surface area contributed by atoms with Gasteiger partial charge in [0.25, 0.3) is 11.8 Å². The van der Waals surface area contributed by atoms with Crippen LogP contribution >= 0.6 is 11.3 Å². The third kappa shape index (κ3) is 5.31. The fourth-order valence-corrected chi connectivity index (χ4v) is 3.76. The van der Waals surface area contributed by atoms with Crippen LogP contribution in [0.2, 0.25) is 0 Å². The summed E-state index contributed by atoms with van der Waals surface area (Å²) in [6.45, 7) is 0.955. The van der Waals surface area contributed by atoms with Gasteiger partial charge in [0.05, 0.1) is 29.0 Å². The number of aromatic nitrogens is 2. The topological polar surface area (TPSA) is 129 Å². The molecular weight excluding hydrogens is 453 g/mol. The van der Waals surface area contributed by atoms with Gasteiger partial charge in [0.15, 0.2) is 5.82 Å². The van der Waals surface area contributed by atoms with E-state index in [1.165, 1.54) is 23.6 Å². The van der Waals surface area contributed by atoms with Gasteiger partial charge in [-0.3, -0.25) is 19.8 Å². The first kappa shape index (κ1) is 23.4. The number of thiophene rings is 1. The number of amidine groups is 1. The average molecular weight is 472 g/mol. The third-order valence-corrected chi connectivity index (χ3v) is 5.67. The summed E-state index contributed by atoms with van der Waals surface area (Å²) in [7, 11) is 1.69. The van der Waals surface area contributed by atoms with E-state index in [9.17, 15) is 27.6 Å². The molecule has 2 aromatic heterocycles. The van der Waals surface area contributed by atoms with Crippen molar-refractivity contribution in [3.05, 3.63) is 40.1 Å². The van der Waals surface area contributed by atoms with Crippen LogP contribution in [0.4, 0.5) is 13.2 Å². The maximum absolute atomic E-state index is 12.8. The molecule has 3 amide bonds. The van der Waals surface area contributed by atoms with Crippen molar-refractivity contribution < 1.29 is 32.3 Å². The fraction of sp³-hybridized carbons (Fsp3) is 0.389. The summed E-state index contributed by atoms with van der Waals surface area (Å²) < 4.78 is 44.0. The Bertz CT molecular complexity index is 1030. The molecule has 0 radical (unpaired) electrons. The molecule has 0 saturated carbocycles. The summed E-state index contributed by atoms with van der Waals surface area (Å²) in [5.41, 5.74) is 0. The van der Waals surface area contributed by atoms with Gasteiger partial charge in [-0.05, 0) is 12.1 Å². The summed E-state index contributed by atoms with van der Waals surface area (Å²) in [5, 5.41) is 11.7. The second-order valence-corrected chi connectivity index (χ2v) is 7.87. The number of imidazole rings is 1. The van der Waals surface area contributed by atoms with Gasteiger partial charge < -0.3 is 24.8 Å². The average Bonchev–Trinajstić information content (AvgIpc) is 3.40. The summed E-state index contributed by atoms with van der Waals surface area (Å²) in [4.78, 5) is 41.9. The Morgan fingerprint density at radius 1 is 1.31 bits per heavy atom. The number of nitrogens with one attached hydrogen (secondary N) is 3. The molecule has 0 bridgehead atoms. The van der Waals surface area contributed by atoms with Crippen molar-refractivity contribution in [2.75, 3.05) is 26.3 Å². The van der Waals surface area contributed by atoms with Gasteiger partial charge in [0, 0.05) is 32.5 Å². The molecule has 10 nitrogen and oxygen atoms in total. The lowest BCUT2D eigenvalue weighted by atomic mass is 10.2. The number of ether oxygens (including phenoxy) is 1. The molecule has 0 aromatic carbocycles. The number of nitrogens with zero attached hydrogens (tertiary/aromatic N) is 3. The number of carbonyl (C=O) groups excluding carboxylic acids is 3. The first-order chi connectivity index (χ1) is 15.1. The van der Waals surface area contributed by atoms with E-state index in [2.05, 4.69) is 10.3 Å². The summed E-state index contributed by atoms with van der Waals surface area (Å²) in [6, 6.07) is 2.15. The minimum Gasteiger partial charge on any atom is -0.377 e. The zero-order valence-corrected chi connectivity index (χ0v) is 17.5. The molecule has 172 valence electrons. The highest BCUT2D eigenvalue weighted by Crippen LogP contribution is 2.19. The van der Waals surface area contributed by atoms with E-state index in [1.807, 2.05) is 0 Å². The van der Waals surface area contributed by atoms with E-state index in [4.69, 9.17) is 10.1 Å². The molecule has 1 saturated heterocycles. The van der Waals surface area contributed by atoms with Crippen LogP contribution in [-0.2, 0) is 16.6 Å². The minimum absolute atomic E-state index is 0.0136. The molecule has 1 aliphatic rings. The molecule has 14 heteroatoms. The quantitative estimate of drug-likeness (QED) is 0.437. The van der Waals surface area contributed by atoms with Crippen LogP contribution in [0.5, 0.6) is 0 Å². The van der Waals surface area contributed by atoms with E-state index < -0.39 is 29.9 Å². The molecular formula is C18H19F3N6O4S. The van der Waals surface area contributed by atoms with Crippen LogP contribution in [0.15, 0.2) is 24.5 Å². The van der Waals surface area contributed by atoms with E-state index in [-0.39, 0.29) is 34.6 Å². The minimum atomic E-state index is -5.12. The molecule has 3 rings (SSSR count). The second-order valence-electron chi connectivity index (χ2n) is 6.79. The maximum atomic E-state index is 12.8. The van der Waals surface area contributed by atoms with Crippen molar-refractivity contribution in [1.82, 2.24) is 25.1 Å². The molecule has 3 N–H and O–H groups in total. The van der Waals surface area contributed by atoms with Gasteiger partial charge in [-0.15, -0.1) is 11.3 Å². The molecule has 2 aromatic rings. The number of halogens is 3. The van der Waals surface area contributed by atoms with E-state index in [0.717, 1.165) is 11.3 Å². The van der Waals surface area contributed by atoms with Crippen molar-refractivity contribution >= 4 is 34.9 Å². The Labute approximate surface area is 183 Å². The Balaban J connectivity index is 1.60. The molecule has 3 heterocycles. The Hall–Kier alpha value is -3.26. The highest BCUT2D eigenvalue weighted by Gasteiger charge is 2.39. The van der Waals surface area contributed by atoms with Crippen molar-refractivity contribution in [2.24, 2.45) is 7.05 Å². The smallest absolute Gasteiger partial charge is 0.377 e. The van der Waals surface area contributed by atoms with Gasteiger partial charge in [-0.2, -0.15) is 13.2 Å². The predicted molar refractivity (Wildman–Crippen MR) is 107 cm³/mol. The van der Waals surface area contributed by atoms with Gasteiger partial charge >= 0.3 is 12.1 Å². The van der Waals surface area contributed by atoms with Crippen LogP contribution in [-0.4, -0.2) is 76.5 Å². The number of hydrogen-bond acceptors (Lipinski definition) is 7. The van der Waals surface area contributed by atoms with E-state index in [1.54, 1.807) is 22.7 Å². The number of rotatable bonds is 5. The Morgan fingerprint density at radius 3 is 2.69 bits per heavy atom. The van der Waals surface area contributed by atoms with E-state index in [0.29, 0.717) is 13.2 Å². The zero-order chi connectivity index (χ0) is 23.5. The summed E-state index contributed by atoms with van der Waals surface area (Å²) >= 11 is 0.752. The lowest BCUT2D eigenvalue weighted by Gasteiger charge is -2.35. The van der Waals surface area contributed by atoms with Crippen LogP contribution < -0.4 is 10.6 Å². The maximum Gasteiger partial charge on any atom is 0.471 e. The summed E-state index contributed by atoms with van der Waals surface area (Å²) in [6.07, 6.45) is -1.97. The Kier molecular flexibility index (Phi) is 6.93. The van der Waals surface area contributed by atoms with Crippen molar-refractivity contribution in [3.8, 4) is 0 Å². The van der Waals surface area contributed by atoms with Crippen molar-refractivity contribution in [1.29, 1.82) is 5.41 Å².